The summed E-state index contributed by atoms with van der Waals surface area (Å²) in [7, 11) is 0. The van der Waals surface area contributed by atoms with Crippen molar-refractivity contribution in [2.45, 2.75) is 18.9 Å². The highest BCUT2D eigenvalue weighted by Crippen LogP contribution is 2.27. The van der Waals surface area contributed by atoms with Crippen LogP contribution in [0.5, 0.6) is 5.75 Å². The van der Waals surface area contributed by atoms with E-state index in [2.05, 4.69) is 0 Å². The van der Waals surface area contributed by atoms with Crippen molar-refractivity contribution in [3.05, 3.63) is 54.1 Å². The molecule has 88 valence electrons. The van der Waals surface area contributed by atoms with Gasteiger partial charge in [-0.25, -0.2) is 0 Å². The Hall–Kier alpha value is -2.03. The van der Waals surface area contributed by atoms with E-state index in [1.807, 2.05) is 37.3 Å². The molecule has 0 aromatic heterocycles. The first-order valence-electron chi connectivity index (χ1n) is 5.53. The maximum atomic E-state index is 11.3. The monoisotopic (exact) mass is 229 g/mol. The second kappa shape index (κ2) is 4.45. The lowest BCUT2D eigenvalue weighted by Gasteiger charge is -2.28. The van der Waals surface area contributed by atoms with Crippen LogP contribution in [0.25, 0.3) is 0 Å². The first-order valence-corrected chi connectivity index (χ1v) is 5.53. The van der Waals surface area contributed by atoms with Gasteiger partial charge in [-0.2, -0.15) is 0 Å². The number of primary amides is 1. The predicted octanol–water partition coefficient (Wildman–Crippen LogP) is 2.44. The van der Waals surface area contributed by atoms with Gasteiger partial charge >= 0.3 is 0 Å². The number of hydrogen-bond acceptors (Lipinski definition) is 2. The van der Waals surface area contributed by atoms with Gasteiger partial charge in [0.2, 0.25) is 0 Å². The third kappa shape index (κ3) is 2.56. The third-order valence-corrected chi connectivity index (χ3v) is 2.71. The first kappa shape index (κ1) is 11.5. The number of ether oxygens (including phenoxy) is 1. The molecule has 0 heterocycles. The zero-order chi connectivity index (χ0) is 12.3. The molecule has 0 spiro atoms. The lowest BCUT2D eigenvalue weighted by Crippen LogP contribution is -2.31. The van der Waals surface area contributed by atoms with Crippen LogP contribution in [-0.2, 0) is 0 Å². The van der Waals surface area contributed by atoms with Crippen molar-refractivity contribution in [1.82, 2.24) is 0 Å². The molecular weight excluding hydrogens is 214 g/mol. The van der Waals surface area contributed by atoms with E-state index in [9.17, 15) is 4.79 Å². The average Bonchev–Trinajstić information content (AvgIpc) is 2.29. The number of carbonyl (C=O) groups is 1. The third-order valence-electron chi connectivity index (χ3n) is 2.71. The molecule has 1 unspecified atom stereocenters. The van der Waals surface area contributed by atoms with E-state index in [1.165, 1.54) is 0 Å². The van der Waals surface area contributed by atoms with E-state index in [-0.39, 0.29) is 0 Å². The number of para-hydroxylation sites is 1. The number of hydrogen-bond donors (Lipinski definition) is 1. The second-order valence-corrected chi connectivity index (χ2v) is 4.27. The molecule has 0 bridgehead atoms. The number of benzene rings is 1. The number of allylic oxidation sites excluding steroid dienone is 2. The summed E-state index contributed by atoms with van der Waals surface area (Å²) >= 11 is 0. The summed E-state index contributed by atoms with van der Waals surface area (Å²) in [5.74, 6) is 0.0574. The molecular formula is C14H15NO2. The van der Waals surface area contributed by atoms with Crippen LogP contribution >= 0.6 is 0 Å². The summed E-state index contributed by atoms with van der Waals surface area (Å²) in [4.78, 5) is 11.3. The van der Waals surface area contributed by atoms with E-state index >= 15 is 0 Å². The van der Waals surface area contributed by atoms with Crippen LogP contribution in [0, 0.1) is 0 Å². The summed E-state index contributed by atoms with van der Waals surface area (Å²) in [5, 5.41) is 0. The largest absolute Gasteiger partial charge is 0.482 e. The van der Waals surface area contributed by atoms with Crippen molar-refractivity contribution in [3.8, 4) is 5.75 Å². The van der Waals surface area contributed by atoms with Crippen LogP contribution in [0.15, 0.2) is 48.6 Å². The summed E-state index contributed by atoms with van der Waals surface area (Å²) in [6.07, 6.45) is 8.70. The Morgan fingerprint density at radius 1 is 1.35 bits per heavy atom. The number of amides is 1. The smallest absolute Gasteiger partial charge is 0.252 e. The molecule has 0 saturated carbocycles. The minimum absolute atomic E-state index is 0.414. The van der Waals surface area contributed by atoms with Crippen molar-refractivity contribution in [2.24, 2.45) is 5.73 Å². The van der Waals surface area contributed by atoms with Crippen LogP contribution < -0.4 is 10.5 Å². The van der Waals surface area contributed by atoms with Crippen LogP contribution in [0.2, 0.25) is 0 Å². The van der Waals surface area contributed by atoms with Crippen molar-refractivity contribution in [3.63, 3.8) is 0 Å². The predicted molar refractivity (Wildman–Crippen MR) is 66.9 cm³/mol. The van der Waals surface area contributed by atoms with Crippen LogP contribution in [0.1, 0.15) is 23.7 Å². The molecule has 3 nitrogen and oxygen atoms in total. The normalized spacial score (nSPS) is 22.4. The maximum Gasteiger partial charge on any atom is 0.252 e. The fourth-order valence-electron chi connectivity index (χ4n) is 1.79. The van der Waals surface area contributed by atoms with Gasteiger partial charge in [0.15, 0.2) is 0 Å². The van der Waals surface area contributed by atoms with Gasteiger partial charge in [-0.1, -0.05) is 30.4 Å². The Bertz CT molecular complexity index is 491. The van der Waals surface area contributed by atoms with Crippen LogP contribution in [-0.4, -0.2) is 11.5 Å². The van der Waals surface area contributed by atoms with E-state index in [4.69, 9.17) is 10.5 Å². The summed E-state index contributed by atoms with van der Waals surface area (Å²) < 4.78 is 5.90. The van der Waals surface area contributed by atoms with Crippen LogP contribution in [0.3, 0.4) is 0 Å². The summed E-state index contributed by atoms with van der Waals surface area (Å²) in [6, 6.07) is 7.03. The molecule has 1 atom stereocenters. The highest BCUT2D eigenvalue weighted by Gasteiger charge is 2.24. The molecule has 0 saturated heterocycles. The topological polar surface area (TPSA) is 52.3 Å². The Labute approximate surface area is 101 Å². The fraction of sp³-hybridized carbons (Fsp3) is 0.214. The first-order chi connectivity index (χ1) is 8.11. The van der Waals surface area contributed by atoms with Gasteiger partial charge in [-0.15, -0.1) is 0 Å². The zero-order valence-electron chi connectivity index (χ0n) is 9.72. The summed E-state index contributed by atoms with van der Waals surface area (Å²) in [5.41, 5.74) is 5.31. The second-order valence-electron chi connectivity index (χ2n) is 4.27. The minimum Gasteiger partial charge on any atom is -0.482 e. The molecule has 1 aliphatic carbocycles. The number of nitrogens with two attached hydrogens (primary N) is 1. The van der Waals surface area contributed by atoms with Gasteiger partial charge in [0.05, 0.1) is 5.56 Å². The van der Waals surface area contributed by atoms with Crippen LogP contribution in [0.4, 0.5) is 0 Å². The molecule has 17 heavy (non-hydrogen) atoms. The standard InChI is InChI=1S/C14H15NO2/c1-14(9-5-2-6-10-14)17-12-8-4-3-7-11(12)13(15)16/h2-9H,10H2,1H3,(H2,15,16). The van der Waals surface area contributed by atoms with Crippen molar-refractivity contribution < 1.29 is 9.53 Å². The number of rotatable bonds is 3. The highest BCUT2D eigenvalue weighted by atomic mass is 16.5. The SMILES string of the molecule is CC1(Oc2ccccc2C(N)=O)C=CC=CC1. The van der Waals surface area contributed by atoms with Gasteiger partial charge in [0, 0.05) is 6.42 Å². The molecule has 2 N–H and O–H groups in total. The highest BCUT2D eigenvalue weighted by molar-refractivity contribution is 5.95. The Morgan fingerprint density at radius 2 is 2.12 bits per heavy atom. The fourth-order valence-corrected chi connectivity index (χ4v) is 1.79. The zero-order valence-corrected chi connectivity index (χ0v) is 9.72. The lowest BCUT2D eigenvalue weighted by molar-refractivity contribution is 0.0983. The minimum atomic E-state index is -0.473. The maximum absolute atomic E-state index is 11.3. The van der Waals surface area contributed by atoms with Crippen molar-refractivity contribution in [2.75, 3.05) is 0 Å². The van der Waals surface area contributed by atoms with Crippen molar-refractivity contribution >= 4 is 5.91 Å². The number of carbonyl (C=O) groups excluding carboxylic acids is 1. The van der Waals surface area contributed by atoms with Gasteiger partial charge in [-0.05, 0) is 25.1 Å². The average molecular weight is 229 g/mol. The van der Waals surface area contributed by atoms with Gasteiger partial charge in [-0.3, -0.25) is 4.79 Å². The quantitative estimate of drug-likeness (QED) is 0.865. The molecule has 3 heteroatoms. The van der Waals surface area contributed by atoms with E-state index < -0.39 is 11.5 Å². The molecule has 1 aromatic carbocycles. The molecule has 0 radical (unpaired) electrons. The Morgan fingerprint density at radius 3 is 2.76 bits per heavy atom. The molecule has 0 aliphatic heterocycles. The Kier molecular flexibility index (Phi) is 3.00. The molecule has 1 aromatic rings. The van der Waals surface area contributed by atoms with Crippen molar-refractivity contribution in [1.29, 1.82) is 0 Å². The lowest BCUT2D eigenvalue weighted by atomic mass is 9.97. The summed E-state index contributed by atoms with van der Waals surface area (Å²) in [6.45, 7) is 1.98. The molecule has 1 amide bonds. The van der Waals surface area contributed by atoms with Gasteiger partial charge in [0.25, 0.3) is 5.91 Å². The van der Waals surface area contributed by atoms with Gasteiger partial charge in [0.1, 0.15) is 11.4 Å². The molecule has 0 fully saturated rings. The Balaban J connectivity index is 2.27. The van der Waals surface area contributed by atoms with E-state index in [0.29, 0.717) is 11.3 Å². The van der Waals surface area contributed by atoms with E-state index in [1.54, 1.807) is 18.2 Å². The molecule has 1 aliphatic rings. The van der Waals surface area contributed by atoms with Gasteiger partial charge < -0.3 is 10.5 Å². The molecule has 2 rings (SSSR count). The van der Waals surface area contributed by atoms with E-state index in [0.717, 1.165) is 6.42 Å².